The summed E-state index contributed by atoms with van der Waals surface area (Å²) in [4.78, 5) is 15.5. The van der Waals surface area contributed by atoms with E-state index in [1.54, 1.807) is 12.1 Å². The average Bonchev–Trinajstić information content (AvgIpc) is 2.92. The van der Waals surface area contributed by atoms with Crippen LogP contribution in [0.1, 0.15) is 35.2 Å². The standard InChI is InChI=1S/C23H26BrClN2O4.ClH/c1-30-20-8-7-17(24)22(31-2)21(20)23(29)26-15-9-16-11-19(28)18(10-15)27(16)12-13-3-5-14(25)6-4-13;/h3-8,15-16,18-19,28H,9-12H2,1-2H3,(H,26,29);1H. The molecule has 2 aromatic carbocycles. The van der Waals surface area contributed by atoms with E-state index < -0.39 is 6.10 Å². The lowest BCUT2D eigenvalue weighted by Crippen LogP contribution is -2.51. The molecule has 0 aromatic heterocycles. The molecule has 0 radical (unpaired) electrons. The first-order valence-electron chi connectivity index (χ1n) is 10.3. The number of hydrogen-bond donors (Lipinski definition) is 2. The molecular weight excluding hydrogens is 519 g/mol. The van der Waals surface area contributed by atoms with Crippen molar-refractivity contribution in [3.05, 3.63) is 57.0 Å². The minimum Gasteiger partial charge on any atom is -0.496 e. The molecule has 2 saturated heterocycles. The van der Waals surface area contributed by atoms with E-state index >= 15 is 0 Å². The van der Waals surface area contributed by atoms with Gasteiger partial charge < -0.3 is 19.9 Å². The summed E-state index contributed by atoms with van der Waals surface area (Å²) in [5.41, 5.74) is 1.54. The second-order valence-electron chi connectivity index (χ2n) is 8.12. The lowest BCUT2D eigenvalue weighted by atomic mass is 9.95. The molecule has 1 amide bonds. The molecular formula is C23H27BrCl2N2O4. The predicted octanol–water partition coefficient (Wildman–Crippen LogP) is 4.44. The van der Waals surface area contributed by atoms with Gasteiger partial charge >= 0.3 is 0 Å². The van der Waals surface area contributed by atoms with Crippen LogP contribution in [0, 0.1) is 0 Å². The van der Waals surface area contributed by atoms with Crippen molar-refractivity contribution in [1.82, 2.24) is 10.2 Å². The Morgan fingerprint density at radius 3 is 2.50 bits per heavy atom. The van der Waals surface area contributed by atoms with Crippen LogP contribution in [0.4, 0.5) is 0 Å². The van der Waals surface area contributed by atoms with Crippen LogP contribution < -0.4 is 14.8 Å². The topological polar surface area (TPSA) is 71.0 Å². The van der Waals surface area contributed by atoms with Crippen LogP contribution in [-0.2, 0) is 6.54 Å². The second-order valence-corrected chi connectivity index (χ2v) is 9.41. The molecule has 6 nitrogen and oxygen atoms in total. The lowest BCUT2D eigenvalue weighted by molar-refractivity contribution is 0.0601. The maximum Gasteiger partial charge on any atom is 0.259 e. The van der Waals surface area contributed by atoms with Crippen molar-refractivity contribution < 1.29 is 19.4 Å². The smallest absolute Gasteiger partial charge is 0.259 e. The molecule has 2 aliphatic heterocycles. The molecule has 4 atom stereocenters. The largest absolute Gasteiger partial charge is 0.496 e. The van der Waals surface area contributed by atoms with Crippen molar-refractivity contribution in [2.24, 2.45) is 0 Å². The third kappa shape index (κ3) is 5.02. The maximum absolute atomic E-state index is 13.2. The van der Waals surface area contributed by atoms with Crippen LogP contribution in [0.5, 0.6) is 11.5 Å². The van der Waals surface area contributed by atoms with Crippen molar-refractivity contribution in [2.75, 3.05) is 14.2 Å². The van der Waals surface area contributed by atoms with E-state index in [-0.39, 0.29) is 36.4 Å². The van der Waals surface area contributed by atoms with Crippen molar-refractivity contribution in [2.45, 2.75) is 50.0 Å². The number of methoxy groups -OCH3 is 2. The third-order valence-electron chi connectivity index (χ3n) is 6.27. The van der Waals surface area contributed by atoms with Gasteiger partial charge in [-0.3, -0.25) is 9.69 Å². The zero-order valence-corrected chi connectivity index (χ0v) is 21.0. The zero-order valence-electron chi connectivity index (χ0n) is 17.9. The van der Waals surface area contributed by atoms with Gasteiger partial charge in [-0.2, -0.15) is 0 Å². The second kappa shape index (κ2) is 10.6. The van der Waals surface area contributed by atoms with Gasteiger partial charge in [-0.1, -0.05) is 23.7 Å². The number of rotatable bonds is 6. The fourth-order valence-corrected chi connectivity index (χ4v) is 5.47. The summed E-state index contributed by atoms with van der Waals surface area (Å²) in [5.74, 6) is 0.667. The van der Waals surface area contributed by atoms with Gasteiger partial charge in [-0.05, 0) is 65.0 Å². The first kappa shape index (κ1) is 25.1. The highest BCUT2D eigenvalue weighted by molar-refractivity contribution is 9.10. The Morgan fingerprint density at radius 1 is 1.16 bits per heavy atom. The number of amides is 1. The Labute approximate surface area is 207 Å². The minimum absolute atomic E-state index is 0. The number of ether oxygens (including phenoxy) is 2. The summed E-state index contributed by atoms with van der Waals surface area (Å²) in [6.07, 6.45) is 1.80. The van der Waals surface area contributed by atoms with E-state index in [4.69, 9.17) is 21.1 Å². The van der Waals surface area contributed by atoms with Gasteiger partial charge in [-0.15, -0.1) is 12.4 Å². The zero-order chi connectivity index (χ0) is 22.1. The van der Waals surface area contributed by atoms with Crippen molar-refractivity contribution in [3.8, 4) is 11.5 Å². The molecule has 2 N–H and O–H groups in total. The van der Waals surface area contributed by atoms with Gasteiger partial charge in [0.05, 0.1) is 24.8 Å². The van der Waals surface area contributed by atoms with Crippen molar-refractivity contribution >= 4 is 45.8 Å². The number of piperidine rings is 1. The first-order valence-corrected chi connectivity index (χ1v) is 11.5. The van der Waals surface area contributed by atoms with Crippen LogP contribution in [-0.4, -0.2) is 54.4 Å². The molecule has 0 saturated carbocycles. The molecule has 4 unspecified atom stereocenters. The van der Waals surface area contributed by atoms with E-state index in [1.807, 2.05) is 24.3 Å². The van der Waals surface area contributed by atoms with Gasteiger partial charge in [0, 0.05) is 29.7 Å². The fraction of sp³-hybridized carbons (Fsp3) is 0.435. The quantitative estimate of drug-likeness (QED) is 0.561. The minimum atomic E-state index is -0.394. The molecule has 2 bridgehead atoms. The number of fused-ring (bicyclic) bond motifs is 2. The summed E-state index contributed by atoms with van der Waals surface area (Å²) >= 11 is 9.44. The van der Waals surface area contributed by atoms with Crippen LogP contribution in [0.15, 0.2) is 40.9 Å². The van der Waals surface area contributed by atoms with Gasteiger partial charge in [0.15, 0.2) is 0 Å². The predicted molar refractivity (Wildman–Crippen MR) is 130 cm³/mol. The summed E-state index contributed by atoms with van der Waals surface area (Å²) in [7, 11) is 3.06. The Kier molecular flexibility index (Phi) is 8.33. The number of aliphatic hydroxyl groups excluding tert-OH is 1. The van der Waals surface area contributed by atoms with Crippen LogP contribution in [0.3, 0.4) is 0 Å². The third-order valence-corrected chi connectivity index (χ3v) is 7.15. The Balaban J connectivity index is 0.00000289. The Morgan fingerprint density at radius 2 is 1.88 bits per heavy atom. The Bertz CT molecular complexity index is 960. The fourth-order valence-electron chi connectivity index (χ4n) is 4.85. The first-order chi connectivity index (χ1) is 14.9. The summed E-state index contributed by atoms with van der Waals surface area (Å²) in [6, 6.07) is 11.5. The Hall–Kier alpha value is -1.51. The molecule has 2 heterocycles. The molecule has 32 heavy (non-hydrogen) atoms. The van der Waals surface area contributed by atoms with Gasteiger partial charge in [0.25, 0.3) is 5.91 Å². The molecule has 4 rings (SSSR count). The van der Waals surface area contributed by atoms with E-state index in [0.717, 1.165) is 13.0 Å². The molecule has 0 aliphatic carbocycles. The van der Waals surface area contributed by atoms with Crippen LogP contribution >= 0.6 is 39.9 Å². The maximum atomic E-state index is 13.2. The van der Waals surface area contributed by atoms with Crippen molar-refractivity contribution in [1.29, 1.82) is 0 Å². The van der Waals surface area contributed by atoms with E-state index in [2.05, 4.69) is 26.1 Å². The van der Waals surface area contributed by atoms with E-state index in [0.29, 0.717) is 39.4 Å². The molecule has 2 fully saturated rings. The summed E-state index contributed by atoms with van der Waals surface area (Å²) < 4.78 is 11.5. The number of nitrogens with one attached hydrogen (secondary N) is 1. The number of halogens is 3. The van der Waals surface area contributed by atoms with Gasteiger partial charge in [0.2, 0.25) is 0 Å². The highest BCUT2D eigenvalue weighted by Crippen LogP contribution is 2.39. The molecule has 0 spiro atoms. The highest BCUT2D eigenvalue weighted by atomic mass is 79.9. The van der Waals surface area contributed by atoms with Gasteiger partial charge in [-0.25, -0.2) is 0 Å². The van der Waals surface area contributed by atoms with Crippen LogP contribution in [0.2, 0.25) is 5.02 Å². The molecule has 174 valence electrons. The number of aliphatic hydroxyl groups is 1. The normalized spacial score (nSPS) is 24.5. The number of nitrogens with zero attached hydrogens (tertiary/aromatic N) is 1. The van der Waals surface area contributed by atoms with E-state index in [9.17, 15) is 9.90 Å². The van der Waals surface area contributed by atoms with Gasteiger partial charge in [0.1, 0.15) is 17.1 Å². The van der Waals surface area contributed by atoms with Crippen molar-refractivity contribution in [3.63, 3.8) is 0 Å². The lowest BCUT2D eigenvalue weighted by Gasteiger charge is -2.39. The molecule has 2 aromatic rings. The highest BCUT2D eigenvalue weighted by Gasteiger charge is 2.46. The van der Waals surface area contributed by atoms with Crippen LogP contribution in [0.25, 0.3) is 0 Å². The SMILES string of the molecule is COc1ccc(Br)c(OC)c1C(=O)NC1CC2CC(O)C(C1)N2Cc1ccc(Cl)cc1.Cl. The molecule has 2 aliphatic rings. The van der Waals surface area contributed by atoms with E-state index in [1.165, 1.54) is 19.8 Å². The average molecular weight is 546 g/mol. The number of hydrogen-bond acceptors (Lipinski definition) is 5. The monoisotopic (exact) mass is 544 g/mol. The number of carbonyl (C=O) groups excluding carboxylic acids is 1. The summed E-state index contributed by atoms with van der Waals surface area (Å²) in [6.45, 7) is 0.761. The summed E-state index contributed by atoms with van der Waals surface area (Å²) in [5, 5.41) is 14.5. The number of carbonyl (C=O) groups is 1. The molecule has 9 heteroatoms. The number of benzene rings is 2.